The van der Waals surface area contributed by atoms with Crippen LogP contribution in [0.15, 0.2) is 60.7 Å². The Balaban J connectivity index is 1.52. The molecule has 2 aromatic carbocycles. The van der Waals surface area contributed by atoms with Gasteiger partial charge in [-0.3, -0.25) is 24.5 Å². The Morgan fingerprint density at radius 1 is 1.03 bits per heavy atom. The molecule has 5 rings (SSSR count). The molecule has 1 aliphatic heterocycles. The van der Waals surface area contributed by atoms with Crippen LogP contribution in [-0.4, -0.2) is 32.7 Å². The van der Waals surface area contributed by atoms with Gasteiger partial charge in [0.25, 0.3) is 23.4 Å². The average Bonchev–Trinajstić information content (AvgIpc) is 3.46. The van der Waals surface area contributed by atoms with Gasteiger partial charge >= 0.3 is 0 Å². The Labute approximate surface area is 188 Å². The Morgan fingerprint density at radius 3 is 2.19 bits per heavy atom. The van der Waals surface area contributed by atoms with Crippen LogP contribution in [0, 0.1) is 33.8 Å². The van der Waals surface area contributed by atoms with Crippen molar-refractivity contribution in [3.05, 3.63) is 86.9 Å². The first-order chi connectivity index (χ1) is 15.4. The Morgan fingerprint density at radius 2 is 1.62 bits per heavy atom. The molecule has 3 aliphatic rings. The van der Waals surface area contributed by atoms with E-state index in [0.29, 0.717) is 5.56 Å². The van der Waals surface area contributed by atoms with Gasteiger partial charge in [-0.15, -0.1) is 0 Å². The topological polar surface area (TPSA) is 101 Å². The minimum Gasteiger partial charge on any atom is -0.272 e. The standard InChI is InChI=1S/C23H18ClN3O5/c24-18-4-2-1-3-17(18)21(28)25(12-13-5-9-16(10-6-13)27(31)32)26-22(29)19-14-7-8-15(11-14)20(19)23(26)30/h1-10,14-15,19-20H,11-12H2/t14-,15-,19-,20+/m0/s1. The first kappa shape index (κ1) is 20.4. The van der Waals surface area contributed by atoms with E-state index in [2.05, 4.69) is 0 Å². The fraction of sp³-hybridized carbons (Fsp3) is 0.261. The summed E-state index contributed by atoms with van der Waals surface area (Å²) in [6.07, 6.45) is 4.75. The number of imide groups is 1. The minimum absolute atomic E-state index is 0.00286. The molecule has 0 aromatic heterocycles. The van der Waals surface area contributed by atoms with Crippen molar-refractivity contribution in [1.29, 1.82) is 0 Å². The number of amides is 3. The average molecular weight is 452 g/mol. The third-order valence-corrected chi connectivity index (χ3v) is 6.84. The van der Waals surface area contributed by atoms with Crippen LogP contribution in [0.1, 0.15) is 22.3 Å². The number of rotatable bonds is 5. The molecule has 32 heavy (non-hydrogen) atoms. The molecule has 8 nitrogen and oxygen atoms in total. The van der Waals surface area contributed by atoms with Crippen molar-refractivity contribution < 1.29 is 19.3 Å². The van der Waals surface area contributed by atoms with Crippen LogP contribution in [0.2, 0.25) is 5.02 Å². The predicted octanol–water partition coefficient (Wildman–Crippen LogP) is 3.61. The van der Waals surface area contributed by atoms with Crippen molar-refractivity contribution in [2.75, 3.05) is 0 Å². The zero-order chi connectivity index (χ0) is 22.6. The van der Waals surface area contributed by atoms with Gasteiger partial charge in [-0.1, -0.05) is 48.0 Å². The molecule has 1 saturated heterocycles. The molecule has 0 radical (unpaired) electrons. The van der Waals surface area contributed by atoms with Gasteiger partial charge in [0, 0.05) is 12.1 Å². The van der Waals surface area contributed by atoms with Gasteiger partial charge in [-0.2, -0.15) is 5.01 Å². The van der Waals surface area contributed by atoms with Crippen molar-refractivity contribution in [1.82, 2.24) is 10.0 Å². The molecule has 2 bridgehead atoms. The van der Waals surface area contributed by atoms with Gasteiger partial charge in [0.05, 0.1) is 33.9 Å². The molecule has 3 amide bonds. The van der Waals surface area contributed by atoms with Gasteiger partial charge in [-0.25, -0.2) is 5.01 Å². The van der Waals surface area contributed by atoms with E-state index in [1.54, 1.807) is 18.2 Å². The zero-order valence-corrected chi connectivity index (χ0v) is 17.5. The lowest BCUT2D eigenvalue weighted by Crippen LogP contribution is -2.50. The number of carbonyl (C=O) groups is 3. The maximum absolute atomic E-state index is 13.5. The number of halogens is 1. The number of fused-ring (bicyclic) bond motifs is 5. The van der Waals surface area contributed by atoms with E-state index in [1.807, 2.05) is 12.2 Å². The molecule has 4 atom stereocenters. The molecule has 0 unspecified atom stereocenters. The van der Waals surface area contributed by atoms with Crippen LogP contribution in [0.25, 0.3) is 0 Å². The van der Waals surface area contributed by atoms with Crippen molar-refractivity contribution >= 4 is 35.0 Å². The molecular weight excluding hydrogens is 434 g/mol. The van der Waals surface area contributed by atoms with Crippen molar-refractivity contribution in [2.45, 2.75) is 13.0 Å². The zero-order valence-electron chi connectivity index (χ0n) is 16.8. The molecule has 2 aliphatic carbocycles. The Kier molecular flexibility index (Phi) is 4.82. The third-order valence-electron chi connectivity index (χ3n) is 6.51. The highest BCUT2D eigenvalue weighted by Gasteiger charge is 2.61. The second-order valence-electron chi connectivity index (χ2n) is 8.25. The highest BCUT2D eigenvalue weighted by atomic mass is 35.5. The predicted molar refractivity (Wildman–Crippen MR) is 114 cm³/mol. The molecule has 162 valence electrons. The number of hydrogen-bond acceptors (Lipinski definition) is 5. The number of allylic oxidation sites excluding steroid dienone is 2. The number of nitrogens with zero attached hydrogens (tertiary/aromatic N) is 3. The summed E-state index contributed by atoms with van der Waals surface area (Å²) in [6.45, 7) is -0.109. The van der Waals surface area contributed by atoms with Gasteiger partial charge in [0.1, 0.15) is 0 Å². The lowest BCUT2D eigenvalue weighted by molar-refractivity contribution is -0.384. The second-order valence-corrected chi connectivity index (χ2v) is 8.66. The number of hydrazine groups is 1. The van der Waals surface area contributed by atoms with Gasteiger partial charge in [0.2, 0.25) is 0 Å². The Hall–Kier alpha value is -3.52. The molecular formula is C23H18ClN3O5. The monoisotopic (exact) mass is 451 g/mol. The molecule has 9 heteroatoms. The first-order valence-corrected chi connectivity index (χ1v) is 10.6. The van der Waals surface area contributed by atoms with Crippen LogP contribution in [0.5, 0.6) is 0 Å². The lowest BCUT2D eigenvalue weighted by atomic mass is 9.85. The number of hydrogen-bond donors (Lipinski definition) is 0. The summed E-state index contributed by atoms with van der Waals surface area (Å²) in [4.78, 5) is 50.6. The molecule has 1 saturated carbocycles. The quantitative estimate of drug-likeness (QED) is 0.299. The SMILES string of the molecule is O=C(c1ccccc1Cl)N(Cc1ccc([N+](=O)[O-])cc1)N1C(=O)[C@@H]2[C@H](C1=O)[C@H]1C=C[C@H]2C1. The van der Waals surface area contributed by atoms with Gasteiger partial charge in [-0.05, 0) is 36.0 Å². The van der Waals surface area contributed by atoms with E-state index in [-0.39, 0.29) is 46.5 Å². The summed E-state index contributed by atoms with van der Waals surface area (Å²) in [7, 11) is 0. The van der Waals surface area contributed by atoms with E-state index in [9.17, 15) is 24.5 Å². The van der Waals surface area contributed by atoms with E-state index >= 15 is 0 Å². The van der Waals surface area contributed by atoms with E-state index in [0.717, 1.165) is 16.4 Å². The summed E-state index contributed by atoms with van der Waals surface area (Å²) < 4.78 is 0. The van der Waals surface area contributed by atoms with Crippen LogP contribution in [-0.2, 0) is 16.1 Å². The largest absolute Gasteiger partial charge is 0.274 e. The number of nitro benzene ring substituents is 1. The van der Waals surface area contributed by atoms with Crippen LogP contribution < -0.4 is 0 Å². The van der Waals surface area contributed by atoms with E-state index in [1.165, 1.54) is 30.3 Å². The second kappa shape index (κ2) is 7.56. The molecule has 1 heterocycles. The van der Waals surface area contributed by atoms with E-state index in [4.69, 9.17) is 11.6 Å². The number of nitro groups is 1. The van der Waals surface area contributed by atoms with E-state index < -0.39 is 22.7 Å². The maximum Gasteiger partial charge on any atom is 0.274 e. The Bertz CT molecular complexity index is 1150. The minimum atomic E-state index is -0.587. The third kappa shape index (κ3) is 3.10. The normalized spacial score (nSPS) is 25.3. The van der Waals surface area contributed by atoms with Crippen LogP contribution >= 0.6 is 11.6 Å². The van der Waals surface area contributed by atoms with Gasteiger partial charge in [0.15, 0.2) is 0 Å². The fourth-order valence-corrected chi connectivity index (χ4v) is 5.24. The summed E-state index contributed by atoms with van der Waals surface area (Å²) in [5, 5.41) is 13.2. The number of non-ortho nitro benzene ring substituents is 1. The van der Waals surface area contributed by atoms with Crippen molar-refractivity contribution in [3.63, 3.8) is 0 Å². The summed E-state index contributed by atoms with van der Waals surface area (Å²) in [6, 6.07) is 12.1. The lowest BCUT2D eigenvalue weighted by Gasteiger charge is -2.31. The smallest absolute Gasteiger partial charge is 0.272 e. The fourth-order valence-electron chi connectivity index (χ4n) is 5.03. The van der Waals surface area contributed by atoms with Crippen LogP contribution in [0.4, 0.5) is 5.69 Å². The highest BCUT2D eigenvalue weighted by Crippen LogP contribution is 2.53. The molecule has 0 spiro atoms. The summed E-state index contributed by atoms with van der Waals surface area (Å²) >= 11 is 6.23. The molecule has 2 fully saturated rings. The van der Waals surface area contributed by atoms with Crippen molar-refractivity contribution in [2.24, 2.45) is 23.7 Å². The summed E-state index contributed by atoms with van der Waals surface area (Å²) in [5.74, 6) is -2.28. The molecule has 2 aromatic rings. The molecule has 0 N–H and O–H groups in total. The van der Waals surface area contributed by atoms with Crippen LogP contribution in [0.3, 0.4) is 0 Å². The maximum atomic E-state index is 13.5. The first-order valence-electron chi connectivity index (χ1n) is 10.2. The number of carbonyl (C=O) groups excluding carboxylic acids is 3. The highest BCUT2D eigenvalue weighted by molar-refractivity contribution is 6.33. The van der Waals surface area contributed by atoms with Crippen molar-refractivity contribution in [3.8, 4) is 0 Å². The number of benzene rings is 2. The summed E-state index contributed by atoms with van der Waals surface area (Å²) in [5.41, 5.74) is 0.604. The van der Waals surface area contributed by atoms with Gasteiger partial charge < -0.3 is 0 Å².